The van der Waals surface area contributed by atoms with E-state index in [1.54, 1.807) is 27.7 Å². The van der Waals surface area contributed by atoms with Gasteiger partial charge in [-0.2, -0.15) is 0 Å². The number of carboxylic acids is 1. The molecule has 14 N–H and O–H groups in total. The number of hydrogen-bond donors (Lipinski definition) is 14. The number of hydrogen-bond acceptors (Lipinski definition) is 18. The second-order valence-electron chi connectivity index (χ2n) is 14.4. The Kier molecular flexibility index (Phi) is 24.5. The molecule has 0 saturated heterocycles. The second kappa shape index (κ2) is 25.0. The molecule has 0 aromatic rings. The van der Waals surface area contributed by atoms with Crippen molar-refractivity contribution < 1.29 is 90.5 Å². The van der Waals surface area contributed by atoms with Gasteiger partial charge in [0.2, 0.25) is 0 Å². The van der Waals surface area contributed by atoms with E-state index in [0.29, 0.717) is 12.8 Å². The summed E-state index contributed by atoms with van der Waals surface area (Å²) in [6, 6.07) is 0. The standard InChI is InChI=1S/C33H67NO18/c1-6-8-33(5,10-20(37)15-50-18-26(43)31(48)49)52-16-19(36)9-32(3,4)51-17-21(38)11-34(12-23(40)28(45)27(44)22(39)7-2)13-24(41)29(46)30(47)25(42)14-35/h19-30,35-47H,6-18H2,1-5H3,(H,48,49)/t19?,20?,21?,22-,23+,24+,25-,26?,27-,28-,29-,30-,33?/m1/s1. The minimum Gasteiger partial charge on any atom is -0.479 e. The third-order valence-corrected chi connectivity index (χ3v) is 8.58. The number of aliphatic hydroxyl groups is 13. The Morgan fingerprint density at radius 2 is 1.10 bits per heavy atom. The van der Waals surface area contributed by atoms with E-state index in [4.69, 9.17) is 24.4 Å². The highest BCUT2D eigenvalue weighted by atomic mass is 16.5. The summed E-state index contributed by atoms with van der Waals surface area (Å²) in [6.45, 7) is 4.96. The molecule has 0 saturated carbocycles. The molecule has 52 heavy (non-hydrogen) atoms. The molecule has 0 amide bonds. The van der Waals surface area contributed by atoms with Crippen LogP contribution >= 0.6 is 0 Å². The molecule has 0 fully saturated rings. The van der Waals surface area contributed by atoms with Gasteiger partial charge in [-0.3, -0.25) is 4.90 Å². The Morgan fingerprint density at radius 3 is 1.58 bits per heavy atom. The molecule has 19 heteroatoms. The molecule has 13 atom stereocenters. The summed E-state index contributed by atoms with van der Waals surface area (Å²) >= 11 is 0. The molecule has 0 aliphatic carbocycles. The number of carboxylic acid groups (broad SMARTS) is 1. The molecule has 0 aliphatic rings. The zero-order valence-corrected chi connectivity index (χ0v) is 31.0. The Labute approximate surface area is 305 Å². The molecule has 0 spiro atoms. The Morgan fingerprint density at radius 1 is 0.615 bits per heavy atom. The Balaban J connectivity index is 5.38. The van der Waals surface area contributed by atoms with E-state index in [9.17, 15) is 66.1 Å². The molecule has 5 unspecified atom stereocenters. The largest absolute Gasteiger partial charge is 0.479 e. The van der Waals surface area contributed by atoms with Crippen LogP contribution < -0.4 is 0 Å². The molecule has 0 aliphatic heterocycles. The highest BCUT2D eigenvalue weighted by Gasteiger charge is 2.35. The van der Waals surface area contributed by atoms with Gasteiger partial charge in [-0.1, -0.05) is 20.3 Å². The van der Waals surface area contributed by atoms with Crippen LogP contribution in [0.2, 0.25) is 0 Å². The topological polar surface area (TPSA) is 331 Å². The maximum absolute atomic E-state index is 10.8. The molecular weight excluding hydrogens is 698 g/mol. The summed E-state index contributed by atoms with van der Waals surface area (Å²) in [5, 5.41) is 141. The molecular formula is C33H67NO18. The number of ether oxygens (including phenoxy) is 3. The fraction of sp³-hybridized carbons (Fsp3) is 0.970. The van der Waals surface area contributed by atoms with Crippen molar-refractivity contribution in [3.63, 3.8) is 0 Å². The quantitative estimate of drug-likeness (QED) is 0.0315. The van der Waals surface area contributed by atoms with Gasteiger partial charge in [0.1, 0.15) is 30.5 Å². The smallest absolute Gasteiger partial charge is 0.334 e. The molecule has 19 nitrogen and oxygen atoms in total. The van der Waals surface area contributed by atoms with Crippen molar-refractivity contribution in [3.05, 3.63) is 0 Å². The zero-order chi connectivity index (χ0) is 40.4. The van der Waals surface area contributed by atoms with Gasteiger partial charge in [-0.15, -0.1) is 0 Å². The normalized spacial score (nSPS) is 20.9. The molecule has 312 valence electrons. The maximum atomic E-state index is 10.8. The SMILES string of the molecule is CCCC(C)(CC(O)COCC(O)C(=O)O)OCC(O)CC(C)(C)OCC(O)CN(C[C@H](O)[C@@H](O)[C@H](O)[C@H](O)CC)C[C@H](O)[C@@H](O)[C@H](O)[C@H](O)CO. The Bertz CT molecular complexity index is 921. The molecule has 0 aromatic carbocycles. The van der Waals surface area contributed by atoms with Crippen molar-refractivity contribution in [1.29, 1.82) is 0 Å². The monoisotopic (exact) mass is 765 g/mol. The van der Waals surface area contributed by atoms with E-state index in [-0.39, 0.29) is 45.6 Å². The van der Waals surface area contributed by atoms with Gasteiger partial charge < -0.3 is 85.7 Å². The molecule has 0 rings (SSSR count). The van der Waals surface area contributed by atoms with Gasteiger partial charge in [0.25, 0.3) is 0 Å². The van der Waals surface area contributed by atoms with E-state index in [2.05, 4.69) is 0 Å². The molecule has 0 bridgehead atoms. The number of rotatable bonds is 31. The van der Waals surface area contributed by atoms with E-state index in [1.807, 2.05) is 6.92 Å². The van der Waals surface area contributed by atoms with Crippen molar-refractivity contribution in [2.75, 3.05) is 52.7 Å². The fourth-order valence-corrected chi connectivity index (χ4v) is 5.59. The van der Waals surface area contributed by atoms with Crippen LogP contribution in [-0.4, -0.2) is 219 Å². The first kappa shape index (κ1) is 50.8. The van der Waals surface area contributed by atoms with Crippen molar-refractivity contribution in [1.82, 2.24) is 4.90 Å². The predicted octanol–water partition coefficient (Wildman–Crippen LogP) is -4.73. The summed E-state index contributed by atoms with van der Waals surface area (Å²) in [7, 11) is 0. The second-order valence-corrected chi connectivity index (χ2v) is 14.4. The van der Waals surface area contributed by atoms with Gasteiger partial charge in [-0.05, 0) is 33.6 Å². The van der Waals surface area contributed by atoms with Gasteiger partial charge in [0.05, 0.1) is 80.9 Å². The van der Waals surface area contributed by atoms with Gasteiger partial charge in [0.15, 0.2) is 6.10 Å². The fourth-order valence-electron chi connectivity index (χ4n) is 5.59. The van der Waals surface area contributed by atoms with E-state index < -0.39 is 117 Å². The zero-order valence-electron chi connectivity index (χ0n) is 31.0. The third-order valence-electron chi connectivity index (χ3n) is 8.58. The lowest BCUT2D eigenvalue weighted by atomic mass is 9.93. The average molecular weight is 766 g/mol. The van der Waals surface area contributed by atoms with Crippen molar-refractivity contribution in [3.8, 4) is 0 Å². The highest BCUT2D eigenvalue weighted by molar-refractivity contribution is 5.71. The summed E-state index contributed by atoms with van der Waals surface area (Å²) in [5.41, 5.74) is -1.92. The summed E-state index contributed by atoms with van der Waals surface area (Å²) < 4.78 is 16.9. The van der Waals surface area contributed by atoms with E-state index >= 15 is 0 Å². The van der Waals surface area contributed by atoms with Gasteiger partial charge in [-0.25, -0.2) is 4.79 Å². The minimum atomic E-state index is -1.97. The van der Waals surface area contributed by atoms with Crippen LogP contribution in [0.5, 0.6) is 0 Å². The molecule has 0 aromatic heterocycles. The highest BCUT2D eigenvalue weighted by Crippen LogP contribution is 2.26. The minimum absolute atomic E-state index is 0.0307. The maximum Gasteiger partial charge on any atom is 0.334 e. The van der Waals surface area contributed by atoms with Crippen molar-refractivity contribution in [2.24, 2.45) is 0 Å². The van der Waals surface area contributed by atoms with Crippen LogP contribution in [-0.2, 0) is 19.0 Å². The lowest BCUT2D eigenvalue weighted by molar-refractivity contribution is -0.151. The lowest BCUT2D eigenvalue weighted by Gasteiger charge is -2.35. The van der Waals surface area contributed by atoms with E-state index in [0.717, 1.165) is 0 Å². The number of aliphatic hydroxyl groups excluding tert-OH is 13. The number of aliphatic carboxylic acids is 1. The van der Waals surface area contributed by atoms with Crippen molar-refractivity contribution >= 4 is 5.97 Å². The first-order valence-corrected chi connectivity index (χ1v) is 17.6. The van der Waals surface area contributed by atoms with Crippen LogP contribution in [0.3, 0.4) is 0 Å². The van der Waals surface area contributed by atoms with Gasteiger partial charge in [0, 0.05) is 32.5 Å². The lowest BCUT2D eigenvalue weighted by Crippen LogP contribution is -2.54. The first-order valence-electron chi connectivity index (χ1n) is 17.6. The van der Waals surface area contributed by atoms with Crippen LogP contribution in [0.1, 0.15) is 66.7 Å². The van der Waals surface area contributed by atoms with Crippen LogP contribution in [0.25, 0.3) is 0 Å². The number of carbonyl (C=O) groups is 1. The third kappa shape index (κ3) is 19.9. The number of nitrogens with zero attached hydrogens (tertiary/aromatic N) is 1. The first-order chi connectivity index (χ1) is 24.0. The predicted molar refractivity (Wildman–Crippen MR) is 183 cm³/mol. The van der Waals surface area contributed by atoms with Crippen LogP contribution in [0, 0.1) is 0 Å². The summed E-state index contributed by atoms with van der Waals surface area (Å²) in [5.74, 6) is -1.45. The van der Waals surface area contributed by atoms with Crippen LogP contribution in [0.4, 0.5) is 0 Å². The van der Waals surface area contributed by atoms with Crippen molar-refractivity contribution in [2.45, 2.75) is 151 Å². The molecule has 0 heterocycles. The summed E-state index contributed by atoms with van der Waals surface area (Å²) in [6.07, 6.45) is -17.9. The summed E-state index contributed by atoms with van der Waals surface area (Å²) in [4.78, 5) is 11.9. The van der Waals surface area contributed by atoms with Gasteiger partial charge >= 0.3 is 5.97 Å². The Hall–Kier alpha value is -1.21. The average Bonchev–Trinajstić information content (AvgIpc) is 3.07. The van der Waals surface area contributed by atoms with E-state index in [1.165, 1.54) is 4.90 Å². The molecule has 0 radical (unpaired) electrons. The van der Waals surface area contributed by atoms with Crippen LogP contribution in [0.15, 0.2) is 0 Å².